The van der Waals surface area contributed by atoms with Crippen LogP contribution in [-0.2, 0) is 19.3 Å². The number of halogens is 6. The van der Waals surface area contributed by atoms with Crippen molar-refractivity contribution in [3.63, 3.8) is 0 Å². The van der Waals surface area contributed by atoms with Crippen LogP contribution in [0.5, 0.6) is 11.5 Å². The summed E-state index contributed by atoms with van der Waals surface area (Å²) in [6.45, 7) is 0.676. The van der Waals surface area contributed by atoms with Crippen molar-refractivity contribution in [2.24, 2.45) is 5.92 Å². The van der Waals surface area contributed by atoms with Crippen molar-refractivity contribution in [1.29, 1.82) is 0 Å². The highest BCUT2D eigenvalue weighted by Gasteiger charge is 2.38. The predicted molar refractivity (Wildman–Crippen MR) is 132 cm³/mol. The summed E-state index contributed by atoms with van der Waals surface area (Å²) in [5.74, 6) is -0.582. The minimum atomic E-state index is -4.45. The number of aromatic nitrogens is 3. The zero-order valence-electron chi connectivity index (χ0n) is 20.7. The molecule has 0 spiro atoms. The molecule has 0 aliphatic heterocycles. The molecule has 2 fully saturated rings. The molecule has 2 heterocycles. The maximum absolute atomic E-state index is 13.8. The van der Waals surface area contributed by atoms with E-state index >= 15 is 0 Å². The lowest BCUT2D eigenvalue weighted by Crippen LogP contribution is -2.25. The highest BCUT2D eigenvalue weighted by atomic mass is 35.5. The summed E-state index contributed by atoms with van der Waals surface area (Å²) in [6, 6.07) is 7.41. The molecule has 2 aromatic heterocycles. The number of imidazole rings is 1. The Hall–Kier alpha value is -2.88. The molecule has 1 aromatic carbocycles. The largest absolute Gasteiger partial charge is 0.496 e. The number of benzene rings is 1. The monoisotopic (exact) mass is 555 g/mol. The Balaban J connectivity index is 1.39. The second kappa shape index (κ2) is 10.4. The molecular weight excluding hydrogens is 529 g/mol. The Morgan fingerprint density at radius 2 is 1.82 bits per heavy atom. The zero-order chi connectivity index (χ0) is 27.1. The molecule has 0 unspecified atom stereocenters. The van der Waals surface area contributed by atoms with Crippen LogP contribution in [0.25, 0.3) is 11.3 Å². The van der Waals surface area contributed by atoms with Crippen LogP contribution in [0.1, 0.15) is 61.5 Å². The lowest BCUT2D eigenvalue weighted by molar-refractivity contribution is -0.137. The number of ether oxygens (including phenoxy) is 2. The van der Waals surface area contributed by atoms with Crippen molar-refractivity contribution < 1.29 is 31.4 Å². The van der Waals surface area contributed by atoms with Crippen molar-refractivity contribution in [1.82, 2.24) is 14.5 Å². The van der Waals surface area contributed by atoms with Gasteiger partial charge in [0.2, 0.25) is 5.92 Å². The van der Waals surface area contributed by atoms with E-state index in [0.717, 1.165) is 30.9 Å². The fraction of sp³-hybridized carbons (Fsp3) is 0.481. The zero-order valence-corrected chi connectivity index (χ0v) is 21.5. The Bertz CT molecular complexity index is 1280. The molecule has 0 amide bonds. The molecule has 5 nitrogen and oxygen atoms in total. The minimum Gasteiger partial charge on any atom is -0.496 e. The van der Waals surface area contributed by atoms with Gasteiger partial charge in [-0.05, 0) is 55.9 Å². The van der Waals surface area contributed by atoms with Gasteiger partial charge in [-0.2, -0.15) is 13.2 Å². The molecule has 0 N–H and O–H groups in total. The molecule has 0 radical (unpaired) electrons. The lowest BCUT2D eigenvalue weighted by atomic mass is 9.86. The van der Waals surface area contributed by atoms with E-state index in [2.05, 4.69) is 14.5 Å². The van der Waals surface area contributed by atoms with Crippen molar-refractivity contribution in [3.05, 3.63) is 58.8 Å². The Labute approximate surface area is 221 Å². The molecule has 5 rings (SSSR count). The van der Waals surface area contributed by atoms with Crippen molar-refractivity contribution in [2.45, 2.75) is 69.7 Å². The first-order chi connectivity index (χ1) is 18.0. The molecule has 2 aliphatic carbocycles. The van der Waals surface area contributed by atoms with Gasteiger partial charge in [-0.1, -0.05) is 11.6 Å². The first-order valence-electron chi connectivity index (χ1n) is 12.5. The van der Waals surface area contributed by atoms with Crippen LogP contribution in [0.3, 0.4) is 0 Å². The minimum absolute atomic E-state index is 0.0303. The van der Waals surface area contributed by atoms with Gasteiger partial charge in [-0.25, -0.2) is 13.8 Å². The van der Waals surface area contributed by atoms with Crippen molar-refractivity contribution in [2.75, 3.05) is 7.11 Å². The molecule has 38 heavy (non-hydrogen) atoms. The Morgan fingerprint density at radius 3 is 2.42 bits per heavy atom. The van der Waals surface area contributed by atoms with Gasteiger partial charge in [0.05, 0.1) is 24.1 Å². The smallest absolute Gasteiger partial charge is 0.417 e. The summed E-state index contributed by atoms with van der Waals surface area (Å²) >= 11 is 6.66. The van der Waals surface area contributed by atoms with E-state index in [1.807, 2.05) is 0 Å². The van der Waals surface area contributed by atoms with Gasteiger partial charge in [0.15, 0.2) is 5.15 Å². The second-order valence-electron chi connectivity index (χ2n) is 9.98. The van der Waals surface area contributed by atoms with E-state index in [4.69, 9.17) is 21.1 Å². The molecule has 2 saturated carbocycles. The van der Waals surface area contributed by atoms with E-state index in [0.29, 0.717) is 58.9 Å². The summed E-state index contributed by atoms with van der Waals surface area (Å²) in [7, 11) is 1.51. The van der Waals surface area contributed by atoms with Crippen LogP contribution >= 0.6 is 11.6 Å². The first kappa shape index (κ1) is 26.7. The van der Waals surface area contributed by atoms with E-state index in [-0.39, 0.29) is 25.4 Å². The van der Waals surface area contributed by atoms with Crippen LogP contribution < -0.4 is 9.47 Å². The van der Waals surface area contributed by atoms with Gasteiger partial charge in [0.25, 0.3) is 0 Å². The third-order valence-corrected chi connectivity index (χ3v) is 7.40. The fourth-order valence-electron chi connectivity index (χ4n) is 4.84. The highest BCUT2D eigenvalue weighted by Crippen LogP contribution is 2.45. The molecule has 2 aliphatic rings. The maximum Gasteiger partial charge on any atom is 0.417 e. The number of hydrogen-bond donors (Lipinski definition) is 0. The van der Waals surface area contributed by atoms with E-state index in [1.54, 1.807) is 18.2 Å². The van der Waals surface area contributed by atoms with Gasteiger partial charge in [-0.3, -0.25) is 4.98 Å². The number of hydrogen-bond acceptors (Lipinski definition) is 4. The van der Waals surface area contributed by atoms with Gasteiger partial charge >= 0.3 is 6.18 Å². The first-order valence-corrected chi connectivity index (χ1v) is 12.9. The SMILES string of the molecule is COc1cc(OCc2ccc(C(F)(F)F)cn2)ccc1-c1c(Cl)nc(C2CCC(F)(F)CC2)n1CC1CC1. The third-order valence-electron chi connectivity index (χ3n) is 7.14. The quantitative estimate of drug-likeness (QED) is 0.265. The number of pyridine rings is 1. The average Bonchev–Trinajstić information content (AvgIpc) is 3.64. The van der Waals surface area contributed by atoms with E-state index in [9.17, 15) is 22.0 Å². The Morgan fingerprint density at radius 1 is 1.08 bits per heavy atom. The number of alkyl halides is 5. The molecule has 0 saturated heterocycles. The summed E-state index contributed by atoms with van der Waals surface area (Å²) < 4.78 is 79.4. The standard InChI is InChI=1S/C27H27ClF5N3O2/c1-37-22-12-20(38-15-19-5-4-18(13-34-19)27(31,32)33)6-7-21(22)23-24(28)35-25(36(23)14-16-2-3-16)17-8-10-26(29,30)11-9-17/h4-7,12-13,16-17H,2-3,8-11,14-15H2,1H3. The van der Waals surface area contributed by atoms with Crippen LogP contribution in [0.4, 0.5) is 22.0 Å². The average molecular weight is 556 g/mol. The fourth-order valence-corrected chi connectivity index (χ4v) is 5.13. The van der Waals surface area contributed by atoms with Crippen molar-refractivity contribution in [3.8, 4) is 22.8 Å². The van der Waals surface area contributed by atoms with Gasteiger partial charge in [-0.15, -0.1) is 0 Å². The third kappa shape index (κ3) is 5.90. The van der Waals surface area contributed by atoms with Gasteiger partial charge in [0, 0.05) is 43.1 Å². The molecule has 11 heteroatoms. The van der Waals surface area contributed by atoms with E-state index in [1.165, 1.54) is 13.2 Å². The molecule has 204 valence electrons. The number of methoxy groups -OCH3 is 1. The van der Waals surface area contributed by atoms with Crippen molar-refractivity contribution >= 4 is 11.6 Å². The second-order valence-corrected chi connectivity index (χ2v) is 10.3. The van der Waals surface area contributed by atoms with Crippen LogP contribution in [0, 0.1) is 5.92 Å². The van der Waals surface area contributed by atoms with E-state index < -0.39 is 17.7 Å². The van der Waals surface area contributed by atoms with Crippen LogP contribution in [0.15, 0.2) is 36.5 Å². The summed E-state index contributed by atoms with van der Waals surface area (Å²) in [5.41, 5.74) is 0.888. The Kier molecular flexibility index (Phi) is 7.28. The topological polar surface area (TPSA) is 49.2 Å². The van der Waals surface area contributed by atoms with Crippen LogP contribution in [0.2, 0.25) is 5.15 Å². The molecule has 0 bridgehead atoms. The molecular formula is C27H27ClF5N3O2. The maximum atomic E-state index is 13.8. The normalized spacial score (nSPS) is 18.0. The summed E-state index contributed by atoms with van der Waals surface area (Å²) in [5, 5.41) is 0.291. The van der Waals surface area contributed by atoms with Gasteiger partial charge < -0.3 is 14.0 Å². The molecule has 3 aromatic rings. The molecule has 0 atom stereocenters. The van der Waals surface area contributed by atoms with Gasteiger partial charge in [0.1, 0.15) is 23.9 Å². The predicted octanol–water partition coefficient (Wildman–Crippen LogP) is 7.91. The number of nitrogens with zero attached hydrogens (tertiary/aromatic N) is 3. The van der Waals surface area contributed by atoms with Crippen LogP contribution in [-0.4, -0.2) is 27.6 Å². The highest BCUT2D eigenvalue weighted by molar-refractivity contribution is 6.32. The number of rotatable bonds is 8. The lowest BCUT2D eigenvalue weighted by Gasteiger charge is -2.28. The summed E-state index contributed by atoms with van der Waals surface area (Å²) in [6.07, 6.45) is -1.10. The summed E-state index contributed by atoms with van der Waals surface area (Å²) in [4.78, 5) is 8.47.